The molecule has 1 amide bonds. The normalized spacial score (nSPS) is 16.1. The number of hydrogen-bond acceptors (Lipinski definition) is 3. The first-order valence-corrected chi connectivity index (χ1v) is 11.9. The molecule has 154 valence electrons. The number of carbonyl (C=O) groups is 1. The summed E-state index contributed by atoms with van der Waals surface area (Å²) in [4.78, 5) is 14.8. The highest BCUT2D eigenvalue weighted by molar-refractivity contribution is 9.10. The number of halogens is 1. The summed E-state index contributed by atoms with van der Waals surface area (Å²) in [7, 11) is 0. The van der Waals surface area contributed by atoms with Gasteiger partial charge in [-0.15, -0.1) is 11.8 Å². The molecule has 0 N–H and O–H groups in total. The van der Waals surface area contributed by atoms with Gasteiger partial charge in [-0.2, -0.15) is 5.10 Å². The van der Waals surface area contributed by atoms with Crippen molar-refractivity contribution < 1.29 is 4.79 Å². The first kappa shape index (κ1) is 20.1. The van der Waals surface area contributed by atoms with Gasteiger partial charge >= 0.3 is 0 Å². The van der Waals surface area contributed by atoms with E-state index in [1.54, 1.807) is 11.8 Å². The Kier molecular flexibility index (Phi) is 5.66. The maximum absolute atomic E-state index is 12.8. The van der Waals surface area contributed by atoms with Crippen molar-refractivity contribution in [1.29, 1.82) is 0 Å². The van der Waals surface area contributed by atoms with Crippen molar-refractivity contribution in [3.05, 3.63) is 107 Å². The van der Waals surface area contributed by atoms with Crippen LogP contribution >= 0.6 is 27.7 Å². The molecule has 1 fully saturated rings. The molecule has 0 radical (unpaired) electrons. The van der Waals surface area contributed by atoms with Crippen molar-refractivity contribution in [3.8, 4) is 16.9 Å². The Labute approximate surface area is 194 Å². The van der Waals surface area contributed by atoms with Crippen molar-refractivity contribution in [2.45, 2.75) is 11.9 Å². The second-order valence-corrected chi connectivity index (χ2v) is 9.38. The summed E-state index contributed by atoms with van der Waals surface area (Å²) in [5.74, 6) is 0.637. The SMILES string of the molecule is O=C1CS[C@@H](c2cn(-c3ccccc3)nc2-c2cccc(Br)c2)N1Cc1ccccc1. The van der Waals surface area contributed by atoms with Crippen LogP contribution in [0.25, 0.3) is 16.9 Å². The van der Waals surface area contributed by atoms with Gasteiger partial charge in [0.1, 0.15) is 5.37 Å². The van der Waals surface area contributed by atoms with Gasteiger partial charge in [-0.3, -0.25) is 4.79 Å². The second-order valence-electron chi connectivity index (χ2n) is 7.39. The molecule has 0 spiro atoms. The summed E-state index contributed by atoms with van der Waals surface area (Å²) in [6, 6.07) is 28.4. The van der Waals surface area contributed by atoms with E-state index in [0.29, 0.717) is 12.3 Å². The van der Waals surface area contributed by atoms with Crippen LogP contribution in [0.1, 0.15) is 16.5 Å². The molecule has 3 aromatic carbocycles. The van der Waals surface area contributed by atoms with Crippen LogP contribution < -0.4 is 0 Å². The fraction of sp³-hybridized carbons (Fsp3) is 0.120. The largest absolute Gasteiger partial charge is 0.321 e. The molecular formula is C25H20BrN3OS. The highest BCUT2D eigenvalue weighted by Gasteiger charge is 2.35. The lowest BCUT2D eigenvalue weighted by molar-refractivity contribution is -0.128. The van der Waals surface area contributed by atoms with Gasteiger partial charge in [0.2, 0.25) is 5.91 Å². The van der Waals surface area contributed by atoms with E-state index in [-0.39, 0.29) is 11.3 Å². The molecule has 1 aromatic heterocycles. The van der Waals surface area contributed by atoms with Gasteiger partial charge in [0.15, 0.2) is 0 Å². The van der Waals surface area contributed by atoms with Gasteiger partial charge in [-0.05, 0) is 29.8 Å². The molecule has 31 heavy (non-hydrogen) atoms. The zero-order valence-corrected chi connectivity index (χ0v) is 19.1. The Hall–Kier alpha value is -2.83. The molecule has 2 heterocycles. The highest BCUT2D eigenvalue weighted by Crippen LogP contribution is 2.43. The van der Waals surface area contributed by atoms with E-state index in [4.69, 9.17) is 5.10 Å². The Morgan fingerprint density at radius 1 is 0.968 bits per heavy atom. The molecule has 6 heteroatoms. The minimum Gasteiger partial charge on any atom is -0.321 e. The summed E-state index contributed by atoms with van der Waals surface area (Å²) < 4.78 is 2.91. The Morgan fingerprint density at radius 3 is 2.45 bits per heavy atom. The van der Waals surface area contributed by atoms with Crippen LogP contribution in [0.5, 0.6) is 0 Å². The fourth-order valence-electron chi connectivity index (χ4n) is 3.80. The molecule has 0 bridgehead atoms. The summed E-state index contributed by atoms with van der Waals surface area (Å²) in [5, 5.41) is 4.86. The Morgan fingerprint density at radius 2 is 1.71 bits per heavy atom. The van der Waals surface area contributed by atoms with E-state index >= 15 is 0 Å². The topological polar surface area (TPSA) is 38.1 Å². The number of rotatable bonds is 5. The number of aromatic nitrogens is 2. The molecule has 0 saturated carbocycles. The third kappa shape index (κ3) is 4.18. The predicted octanol–water partition coefficient (Wildman–Crippen LogP) is 6.08. The molecule has 5 rings (SSSR count). The van der Waals surface area contributed by atoms with E-state index in [1.165, 1.54) is 0 Å². The minimum absolute atomic E-state index is 0.0841. The van der Waals surface area contributed by atoms with Crippen molar-refractivity contribution in [2.75, 3.05) is 5.75 Å². The van der Waals surface area contributed by atoms with Gasteiger partial charge in [0.25, 0.3) is 0 Å². The Balaban J connectivity index is 1.59. The molecule has 0 unspecified atom stereocenters. The third-order valence-electron chi connectivity index (χ3n) is 5.29. The molecule has 1 aliphatic rings. The highest BCUT2D eigenvalue weighted by atomic mass is 79.9. The lowest BCUT2D eigenvalue weighted by atomic mass is 10.1. The molecule has 0 aliphatic carbocycles. The number of amides is 1. The quantitative estimate of drug-likeness (QED) is 0.341. The number of para-hydroxylation sites is 1. The summed E-state index contributed by atoms with van der Waals surface area (Å²) in [5.41, 5.74) is 5.10. The molecule has 1 aliphatic heterocycles. The van der Waals surface area contributed by atoms with Gasteiger partial charge in [-0.25, -0.2) is 4.68 Å². The number of benzene rings is 3. The van der Waals surface area contributed by atoms with E-state index in [9.17, 15) is 4.79 Å². The van der Waals surface area contributed by atoms with Crippen LogP contribution in [0.4, 0.5) is 0 Å². The second kappa shape index (κ2) is 8.73. The van der Waals surface area contributed by atoms with Gasteiger partial charge in [0.05, 0.1) is 17.1 Å². The van der Waals surface area contributed by atoms with Crippen molar-refractivity contribution in [2.24, 2.45) is 0 Å². The van der Waals surface area contributed by atoms with Crippen molar-refractivity contribution in [1.82, 2.24) is 14.7 Å². The van der Waals surface area contributed by atoms with Crippen LogP contribution in [0.3, 0.4) is 0 Å². The number of thioether (sulfide) groups is 1. The van der Waals surface area contributed by atoms with Crippen LogP contribution in [-0.4, -0.2) is 26.3 Å². The van der Waals surface area contributed by atoms with Gasteiger partial charge in [0, 0.05) is 28.3 Å². The van der Waals surface area contributed by atoms with Crippen LogP contribution in [0, 0.1) is 0 Å². The average molecular weight is 490 g/mol. The van der Waals surface area contributed by atoms with Crippen LogP contribution in [-0.2, 0) is 11.3 Å². The molecule has 4 aromatic rings. The van der Waals surface area contributed by atoms with E-state index in [1.807, 2.05) is 70.2 Å². The smallest absolute Gasteiger partial charge is 0.234 e. The first-order chi connectivity index (χ1) is 15.2. The van der Waals surface area contributed by atoms with Crippen LogP contribution in [0.2, 0.25) is 0 Å². The predicted molar refractivity (Wildman–Crippen MR) is 129 cm³/mol. The summed E-state index contributed by atoms with van der Waals surface area (Å²) >= 11 is 5.24. The standard InChI is InChI=1S/C25H20BrN3OS/c26-20-11-7-10-19(14-20)24-22(16-29(27-24)21-12-5-2-6-13-21)25-28(23(30)17-31-25)15-18-8-3-1-4-9-18/h1-14,16,25H,15,17H2/t25-/m0/s1. The summed E-state index contributed by atoms with van der Waals surface area (Å²) in [6.45, 7) is 0.589. The maximum Gasteiger partial charge on any atom is 0.234 e. The number of hydrogen-bond donors (Lipinski definition) is 0. The monoisotopic (exact) mass is 489 g/mol. The third-order valence-corrected chi connectivity index (χ3v) is 7.02. The van der Waals surface area contributed by atoms with E-state index in [2.05, 4.69) is 46.4 Å². The summed E-state index contributed by atoms with van der Waals surface area (Å²) in [6.07, 6.45) is 2.07. The first-order valence-electron chi connectivity index (χ1n) is 10.0. The molecule has 1 atom stereocenters. The van der Waals surface area contributed by atoms with E-state index in [0.717, 1.165) is 32.5 Å². The van der Waals surface area contributed by atoms with Gasteiger partial charge in [-0.1, -0.05) is 76.6 Å². The maximum atomic E-state index is 12.8. The molecular weight excluding hydrogens is 470 g/mol. The zero-order chi connectivity index (χ0) is 21.2. The lowest BCUT2D eigenvalue weighted by Crippen LogP contribution is -2.27. The van der Waals surface area contributed by atoms with Crippen LogP contribution in [0.15, 0.2) is 95.6 Å². The average Bonchev–Trinajstić information content (AvgIpc) is 3.39. The van der Waals surface area contributed by atoms with Gasteiger partial charge < -0.3 is 4.90 Å². The Bertz CT molecular complexity index is 1210. The number of carbonyl (C=O) groups excluding carboxylic acids is 1. The van der Waals surface area contributed by atoms with Crippen molar-refractivity contribution in [3.63, 3.8) is 0 Å². The molecule has 1 saturated heterocycles. The zero-order valence-electron chi connectivity index (χ0n) is 16.7. The van der Waals surface area contributed by atoms with E-state index < -0.39 is 0 Å². The minimum atomic E-state index is -0.0841. The lowest BCUT2D eigenvalue weighted by Gasteiger charge is -2.24. The van der Waals surface area contributed by atoms with Crippen molar-refractivity contribution >= 4 is 33.6 Å². The number of nitrogens with zero attached hydrogens (tertiary/aromatic N) is 3. The fourth-order valence-corrected chi connectivity index (χ4v) is 5.39. The molecule has 4 nitrogen and oxygen atoms in total.